The third-order valence-electron chi connectivity index (χ3n) is 4.66. The molecule has 1 aliphatic carbocycles. The van der Waals surface area contributed by atoms with E-state index < -0.39 is 5.60 Å². The molecule has 106 valence electrons. The number of rotatable bonds is 2. The number of hydrogen-bond acceptors (Lipinski definition) is 2. The van der Waals surface area contributed by atoms with Crippen LogP contribution in [0.2, 0.25) is 0 Å². The molecular formula is C17H26O2. The van der Waals surface area contributed by atoms with Crippen molar-refractivity contribution in [3.8, 4) is 5.75 Å². The molecule has 0 aliphatic heterocycles. The van der Waals surface area contributed by atoms with Crippen molar-refractivity contribution in [3.05, 3.63) is 28.8 Å². The summed E-state index contributed by atoms with van der Waals surface area (Å²) < 4.78 is 5.55. The van der Waals surface area contributed by atoms with Gasteiger partial charge in [-0.25, -0.2) is 0 Å². The van der Waals surface area contributed by atoms with Gasteiger partial charge in [0.15, 0.2) is 0 Å². The minimum atomic E-state index is -0.749. The zero-order valence-corrected chi connectivity index (χ0v) is 12.8. The molecule has 1 aliphatic rings. The van der Waals surface area contributed by atoms with E-state index in [1.807, 2.05) is 6.07 Å². The van der Waals surface area contributed by atoms with Crippen molar-refractivity contribution in [1.29, 1.82) is 0 Å². The van der Waals surface area contributed by atoms with Gasteiger partial charge < -0.3 is 9.84 Å². The number of ether oxygens (including phenoxy) is 1. The summed E-state index contributed by atoms with van der Waals surface area (Å²) in [5.74, 6) is 1.67. The highest BCUT2D eigenvalue weighted by molar-refractivity contribution is 5.47. The lowest BCUT2D eigenvalue weighted by atomic mass is 9.67. The molecule has 0 saturated heterocycles. The Balaban J connectivity index is 2.55. The van der Waals surface area contributed by atoms with Gasteiger partial charge in [0.2, 0.25) is 0 Å². The van der Waals surface area contributed by atoms with Crippen LogP contribution in [0.4, 0.5) is 0 Å². The Kier molecular flexibility index (Phi) is 3.91. The van der Waals surface area contributed by atoms with E-state index in [0.29, 0.717) is 5.92 Å². The molecule has 1 N–H and O–H groups in total. The fourth-order valence-electron chi connectivity index (χ4n) is 3.60. The second-order valence-corrected chi connectivity index (χ2v) is 6.37. The lowest BCUT2D eigenvalue weighted by molar-refractivity contribution is -0.0645. The first-order chi connectivity index (χ1) is 8.88. The maximum atomic E-state index is 11.3. The molecular weight excluding hydrogens is 236 g/mol. The van der Waals surface area contributed by atoms with Crippen LogP contribution in [-0.2, 0) is 5.60 Å². The van der Waals surface area contributed by atoms with Crippen molar-refractivity contribution in [3.63, 3.8) is 0 Å². The number of aliphatic hydroxyl groups is 1. The zero-order chi connectivity index (χ0) is 14.2. The van der Waals surface area contributed by atoms with Crippen LogP contribution in [0.25, 0.3) is 0 Å². The first-order valence-corrected chi connectivity index (χ1v) is 7.26. The summed E-state index contributed by atoms with van der Waals surface area (Å²) >= 11 is 0. The van der Waals surface area contributed by atoms with Gasteiger partial charge in [0.25, 0.3) is 0 Å². The summed E-state index contributed by atoms with van der Waals surface area (Å²) in [6.07, 6.45) is 3.11. The van der Waals surface area contributed by atoms with E-state index in [0.717, 1.165) is 29.7 Å². The van der Waals surface area contributed by atoms with Crippen molar-refractivity contribution >= 4 is 0 Å². The maximum absolute atomic E-state index is 11.3. The van der Waals surface area contributed by atoms with Crippen LogP contribution < -0.4 is 4.74 Å². The monoisotopic (exact) mass is 262 g/mol. The van der Waals surface area contributed by atoms with Crippen LogP contribution in [0.15, 0.2) is 12.1 Å². The quantitative estimate of drug-likeness (QED) is 0.874. The lowest BCUT2D eigenvalue weighted by Gasteiger charge is -2.42. The smallest absolute Gasteiger partial charge is 0.125 e. The highest BCUT2D eigenvalue weighted by Gasteiger charge is 2.43. The Morgan fingerprint density at radius 1 is 1.21 bits per heavy atom. The highest BCUT2D eigenvalue weighted by Crippen LogP contribution is 2.48. The first kappa shape index (κ1) is 14.4. The number of aryl methyl sites for hydroxylation is 2. The van der Waals surface area contributed by atoms with E-state index in [4.69, 9.17) is 4.74 Å². The second-order valence-electron chi connectivity index (χ2n) is 6.37. The van der Waals surface area contributed by atoms with E-state index in [9.17, 15) is 5.11 Å². The summed E-state index contributed by atoms with van der Waals surface area (Å²) in [6, 6.07) is 4.17. The van der Waals surface area contributed by atoms with Gasteiger partial charge in [0, 0.05) is 5.56 Å². The molecule has 2 nitrogen and oxygen atoms in total. The largest absolute Gasteiger partial charge is 0.496 e. The number of hydrogen-bond donors (Lipinski definition) is 1. The second kappa shape index (κ2) is 5.16. The Bertz CT molecular complexity index is 467. The molecule has 0 spiro atoms. The molecule has 19 heavy (non-hydrogen) atoms. The van der Waals surface area contributed by atoms with Crippen LogP contribution in [0, 0.1) is 25.7 Å². The predicted octanol–water partition coefficient (Wildman–Crippen LogP) is 3.96. The molecule has 1 aromatic carbocycles. The third kappa shape index (κ3) is 2.51. The molecule has 2 heteroatoms. The SMILES string of the molecule is COc1cc(C)cc(C)c1C1(O)CC(C)CCC1C. The van der Waals surface area contributed by atoms with Gasteiger partial charge >= 0.3 is 0 Å². The number of benzene rings is 1. The molecule has 0 heterocycles. The first-order valence-electron chi connectivity index (χ1n) is 7.26. The number of methoxy groups -OCH3 is 1. The Labute approximate surface area is 116 Å². The fourth-order valence-corrected chi connectivity index (χ4v) is 3.60. The fraction of sp³-hybridized carbons (Fsp3) is 0.647. The summed E-state index contributed by atoms with van der Waals surface area (Å²) in [6.45, 7) is 8.53. The molecule has 3 unspecified atom stereocenters. The van der Waals surface area contributed by atoms with Crippen LogP contribution >= 0.6 is 0 Å². The molecule has 1 saturated carbocycles. The van der Waals surface area contributed by atoms with Gasteiger partial charge in [0.05, 0.1) is 12.7 Å². The molecule has 0 bridgehead atoms. The summed E-state index contributed by atoms with van der Waals surface area (Å²) in [5, 5.41) is 11.3. The topological polar surface area (TPSA) is 29.5 Å². The highest BCUT2D eigenvalue weighted by atomic mass is 16.5. The van der Waals surface area contributed by atoms with Crippen molar-refractivity contribution < 1.29 is 9.84 Å². The van der Waals surface area contributed by atoms with Gasteiger partial charge in [-0.05, 0) is 55.7 Å². The summed E-state index contributed by atoms with van der Waals surface area (Å²) in [5.41, 5.74) is 2.57. The lowest BCUT2D eigenvalue weighted by Crippen LogP contribution is -2.40. The van der Waals surface area contributed by atoms with Crippen LogP contribution in [-0.4, -0.2) is 12.2 Å². The minimum Gasteiger partial charge on any atom is -0.496 e. The van der Waals surface area contributed by atoms with E-state index in [1.54, 1.807) is 7.11 Å². The van der Waals surface area contributed by atoms with Crippen LogP contribution in [0.3, 0.4) is 0 Å². The predicted molar refractivity (Wildman–Crippen MR) is 78.5 cm³/mol. The van der Waals surface area contributed by atoms with Gasteiger partial charge in [-0.2, -0.15) is 0 Å². The molecule has 0 aromatic heterocycles. The van der Waals surface area contributed by atoms with Crippen molar-refractivity contribution in [2.75, 3.05) is 7.11 Å². The van der Waals surface area contributed by atoms with Crippen LogP contribution in [0.1, 0.15) is 49.8 Å². The summed E-state index contributed by atoms with van der Waals surface area (Å²) in [4.78, 5) is 0. The summed E-state index contributed by atoms with van der Waals surface area (Å²) in [7, 11) is 1.69. The van der Waals surface area contributed by atoms with E-state index in [1.165, 1.54) is 12.0 Å². The van der Waals surface area contributed by atoms with Crippen molar-refractivity contribution in [1.82, 2.24) is 0 Å². The van der Waals surface area contributed by atoms with Gasteiger partial charge in [-0.15, -0.1) is 0 Å². The maximum Gasteiger partial charge on any atom is 0.125 e. The third-order valence-corrected chi connectivity index (χ3v) is 4.66. The van der Waals surface area contributed by atoms with Gasteiger partial charge in [-0.3, -0.25) is 0 Å². The van der Waals surface area contributed by atoms with E-state index in [-0.39, 0.29) is 5.92 Å². The average molecular weight is 262 g/mol. The Hall–Kier alpha value is -1.02. The molecule has 0 amide bonds. The van der Waals surface area contributed by atoms with Gasteiger partial charge in [0.1, 0.15) is 5.75 Å². The molecule has 3 atom stereocenters. The van der Waals surface area contributed by atoms with E-state index >= 15 is 0 Å². The minimum absolute atomic E-state index is 0.277. The normalized spacial score (nSPS) is 31.3. The molecule has 1 fully saturated rings. The van der Waals surface area contributed by atoms with Crippen molar-refractivity contribution in [2.24, 2.45) is 11.8 Å². The Morgan fingerprint density at radius 2 is 1.89 bits per heavy atom. The molecule has 1 aromatic rings. The Morgan fingerprint density at radius 3 is 2.53 bits per heavy atom. The zero-order valence-electron chi connectivity index (χ0n) is 12.8. The van der Waals surface area contributed by atoms with Crippen LogP contribution in [0.5, 0.6) is 5.75 Å². The molecule has 2 rings (SSSR count). The standard InChI is InChI=1S/C17H26O2/c1-11-6-7-14(4)17(18,10-11)16-13(3)8-12(2)9-15(16)19-5/h8-9,11,14,18H,6-7,10H2,1-5H3. The average Bonchev–Trinajstić information content (AvgIpc) is 2.32. The van der Waals surface area contributed by atoms with E-state index in [2.05, 4.69) is 33.8 Å². The van der Waals surface area contributed by atoms with Crippen molar-refractivity contribution in [2.45, 2.75) is 52.6 Å². The molecule has 0 radical (unpaired) electrons. The van der Waals surface area contributed by atoms with Gasteiger partial charge in [-0.1, -0.05) is 26.3 Å².